The lowest BCUT2D eigenvalue weighted by atomic mass is 10.1. The van der Waals surface area contributed by atoms with Crippen LogP contribution in [0, 0.1) is 20.8 Å². The van der Waals surface area contributed by atoms with Crippen LogP contribution in [0.25, 0.3) is 0 Å². The second-order valence-electron chi connectivity index (χ2n) is 6.13. The van der Waals surface area contributed by atoms with Crippen LogP contribution in [0.15, 0.2) is 30.3 Å². The molecule has 2 rings (SSSR count). The molecule has 138 valence electrons. The summed E-state index contributed by atoms with van der Waals surface area (Å²) in [6.07, 6.45) is 0. The van der Waals surface area contributed by atoms with Crippen molar-refractivity contribution in [1.82, 2.24) is 5.32 Å². The van der Waals surface area contributed by atoms with Gasteiger partial charge in [-0.25, -0.2) is 0 Å². The summed E-state index contributed by atoms with van der Waals surface area (Å²) >= 11 is 0. The smallest absolute Gasteiger partial charge is 0.251 e. The van der Waals surface area contributed by atoms with E-state index < -0.39 is 0 Å². The molecule has 0 radical (unpaired) electrons. The maximum absolute atomic E-state index is 12.2. The second-order valence-corrected chi connectivity index (χ2v) is 6.13. The minimum Gasteiger partial charge on any atom is -0.493 e. The van der Waals surface area contributed by atoms with Crippen LogP contribution in [0.4, 0.5) is 5.69 Å². The zero-order chi connectivity index (χ0) is 19.3. The van der Waals surface area contributed by atoms with Crippen LogP contribution in [0.5, 0.6) is 11.5 Å². The number of ether oxygens (including phenoxy) is 2. The normalized spacial score (nSPS) is 10.2. The Morgan fingerprint density at radius 2 is 1.46 bits per heavy atom. The number of rotatable bonds is 6. The van der Waals surface area contributed by atoms with Crippen molar-refractivity contribution < 1.29 is 19.1 Å². The fraction of sp³-hybridized carbons (Fsp3) is 0.300. The molecule has 0 aliphatic rings. The fourth-order valence-electron chi connectivity index (χ4n) is 2.68. The lowest BCUT2D eigenvalue weighted by Crippen LogP contribution is -2.33. The molecular formula is C20H24N2O4. The van der Waals surface area contributed by atoms with E-state index in [1.54, 1.807) is 31.4 Å². The zero-order valence-electron chi connectivity index (χ0n) is 15.7. The molecule has 2 amide bonds. The summed E-state index contributed by atoms with van der Waals surface area (Å²) < 4.78 is 10.5. The number of nitrogens with one attached hydrogen (secondary N) is 2. The highest BCUT2D eigenvalue weighted by atomic mass is 16.5. The molecule has 0 aliphatic heterocycles. The summed E-state index contributed by atoms with van der Waals surface area (Å²) in [6, 6.07) is 9.04. The van der Waals surface area contributed by atoms with E-state index in [1.165, 1.54) is 7.11 Å². The van der Waals surface area contributed by atoms with E-state index in [4.69, 9.17) is 9.47 Å². The Balaban J connectivity index is 2.01. The van der Waals surface area contributed by atoms with Crippen LogP contribution >= 0.6 is 0 Å². The first-order valence-electron chi connectivity index (χ1n) is 8.23. The molecule has 0 heterocycles. The highest BCUT2D eigenvalue weighted by molar-refractivity contribution is 5.99. The molecule has 0 aromatic heterocycles. The van der Waals surface area contributed by atoms with E-state index in [9.17, 15) is 9.59 Å². The molecule has 6 heteroatoms. The van der Waals surface area contributed by atoms with Gasteiger partial charge in [-0.1, -0.05) is 17.2 Å². The average Bonchev–Trinajstić information content (AvgIpc) is 2.60. The van der Waals surface area contributed by atoms with Crippen molar-refractivity contribution in [1.29, 1.82) is 0 Å². The number of benzene rings is 2. The predicted molar refractivity (Wildman–Crippen MR) is 101 cm³/mol. The monoisotopic (exact) mass is 356 g/mol. The highest BCUT2D eigenvalue weighted by Gasteiger charge is 2.13. The van der Waals surface area contributed by atoms with Crippen LogP contribution in [0.1, 0.15) is 27.0 Å². The molecule has 0 fully saturated rings. The number of methoxy groups -OCH3 is 2. The van der Waals surface area contributed by atoms with Gasteiger partial charge in [0.25, 0.3) is 5.91 Å². The summed E-state index contributed by atoms with van der Waals surface area (Å²) in [5, 5.41) is 5.41. The number of hydrogen-bond donors (Lipinski definition) is 2. The van der Waals surface area contributed by atoms with E-state index >= 15 is 0 Å². The number of anilines is 1. The Labute approximate surface area is 153 Å². The maximum atomic E-state index is 12.2. The molecule has 0 bridgehead atoms. The predicted octanol–water partition coefficient (Wildman–Crippen LogP) is 3.00. The Kier molecular flexibility index (Phi) is 6.22. The van der Waals surface area contributed by atoms with Gasteiger partial charge in [-0.15, -0.1) is 0 Å². The SMILES string of the molecule is COc1cc(C)c(NC(=O)CNC(=O)c2cc(C)cc(C)c2)cc1OC. The lowest BCUT2D eigenvalue weighted by molar-refractivity contribution is -0.115. The second kappa shape index (κ2) is 8.38. The Morgan fingerprint density at radius 1 is 0.885 bits per heavy atom. The first kappa shape index (κ1) is 19.3. The average molecular weight is 356 g/mol. The van der Waals surface area contributed by atoms with Gasteiger partial charge < -0.3 is 20.1 Å². The van der Waals surface area contributed by atoms with Crippen molar-refractivity contribution >= 4 is 17.5 Å². The number of hydrogen-bond acceptors (Lipinski definition) is 4. The number of aryl methyl sites for hydroxylation is 3. The summed E-state index contributed by atoms with van der Waals surface area (Å²) in [5.41, 5.74) is 3.98. The third-order valence-corrected chi connectivity index (χ3v) is 3.90. The third kappa shape index (κ3) is 4.75. The number of carbonyl (C=O) groups excluding carboxylic acids is 2. The van der Waals surface area contributed by atoms with E-state index in [2.05, 4.69) is 10.6 Å². The van der Waals surface area contributed by atoms with Crippen LogP contribution in [-0.4, -0.2) is 32.6 Å². The summed E-state index contributed by atoms with van der Waals surface area (Å²) in [7, 11) is 3.08. The van der Waals surface area contributed by atoms with Crippen molar-refractivity contribution in [3.05, 3.63) is 52.6 Å². The molecule has 0 aliphatic carbocycles. The minimum atomic E-state index is -0.321. The van der Waals surface area contributed by atoms with Gasteiger partial charge in [0.1, 0.15) is 0 Å². The fourth-order valence-corrected chi connectivity index (χ4v) is 2.68. The highest BCUT2D eigenvalue weighted by Crippen LogP contribution is 2.32. The molecule has 0 unspecified atom stereocenters. The van der Waals surface area contributed by atoms with E-state index in [-0.39, 0.29) is 18.4 Å². The number of carbonyl (C=O) groups is 2. The molecule has 2 aromatic rings. The molecule has 0 atom stereocenters. The zero-order valence-corrected chi connectivity index (χ0v) is 15.7. The Morgan fingerprint density at radius 3 is 2.04 bits per heavy atom. The van der Waals surface area contributed by atoms with Gasteiger partial charge in [-0.3, -0.25) is 9.59 Å². The quantitative estimate of drug-likeness (QED) is 0.834. The van der Waals surface area contributed by atoms with E-state index in [1.807, 2.05) is 26.8 Å². The lowest BCUT2D eigenvalue weighted by Gasteiger charge is -2.14. The van der Waals surface area contributed by atoms with Crippen molar-refractivity contribution in [3.8, 4) is 11.5 Å². The van der Waals surface area contributed by atoms with Gasteiger partial charge >= 0.3 is 0 Å². The summed E-state index contributed by atoms with van der Waals surface area (Å²) in [4.78, 5) is 24.4. The largest absolute Gasteiger partial charge is 0.493 e. The van der Waals surface area contributed by atoms with Gasteiger partial charge in [0.05, 0.1) is 20.8 Å². The van der Waals surface area contributed by atoms with Crippen molar-refractivity contribution in [3.63, 3.8) is 0 Å². The summed E-state index contributed by atoms with van der Waals surface area (Å²) in [5.74, 6) is 0.507. The first-order chi connectivity index (χ1) is 12.3. The minimum absolute atomic E-state index is 0.125. The third-order valence-electron chi connectivity index (χ3n) is 3.90. The first-order valence-corrected chi connectivity index (χ1v) is 8.23. The van der Waals surface area contributed by atoms with Crippen LogP contribution in [0.3, 0.4) is 0 Å². The molecule has 0 saturated carbocycles. The van der Waals surface area contributed by atoms with Crippen LogP contribution < -0.4 is 20.1 Å². The van der Waals surface area contributed by atoms with Crippen LogP contribution in [-0.2, 0) is 4.79 Å². The molecule has 0 spiro atoms. The van der Waals surface area contributed by atoms with Gasteiger partial charge in [-0.2, -0.15) is 0 Å². The molecule has 6 nitrogen and oxygen atoms in total. The molecule has 2 N–H and O–H groups in total. The topological polar surface area (TPSA) is 76.7 Å². The van der Waals surface area contributed by atoms with Gasteiger partial charge in [0, 0.05) is 17.3 Å². The van der Waals surface area contributed by atoms with Crippen molar-refractivity contribution in [2.24, 2.45) is 0 Å². The van der Waals surface area contributed by atoms with E-state index in [0.29, 0.717) is 22.7 Å². The Hall–Kier alpha value is -3.02. The standard InChI is InChI=1S/C20H24N2O4/c1-12-6-13(2)8-15(7-12)20(24)21-11-19(23)22-16-10-18(26-5)17(25-4)9-14(16)3/h6-10H,11H2,1-5H3,(H,21,24)(H,22,23). The molecular weight excluding hydrogens is 332 g/mol. The molecule has 26 heavy (non-hydrogen) atoms. The van der Waals surface area contributed by atoms with Gasteiger partial charge in [0.15, 0.2) is 11.5 Å². The Bertz CT molecular complexity index is 811. The molecule has 0 saturated heterocycles. The maximum Gasteiger partial charge on any atom is 0.251 e. The van der Waals surface area contributed by atoms with Gasteiger partial charge in [0.2, 0.25) is 5.91 Å². The molecule has 2 aromatic carbocycles. The summed E-state index contributed by atoms with van der Waals surface area (Å²) in [6.45, 7) is 5.58. The van der Waals surface area contributed by atoms with Gasteiger partial charge in [-0.05, 0) is 44.5 Å². The van der Waals surface area contributed by atoms with Crippen molar-refractivity contribution in [2.45, 2.75) is 20.8 Å². The number of amides is 2. The van der Waals surface area contributed by atoms with Crippen molar-refractivity contribution in [2.75, 3.05) is 26.1 Å². The van der Waals surface area contributed by atoms with E-state index in [0.717, 1.165) is 16.7 Å². The van der Waals surface area contributed by atoms with Crippen LogP contribution in [0.2, 0.25) is 0 Å².